The minimum atomic E-state index is -0.159. The summed E-state index contributed by atoms with van der Waals surface area (Å²) in [5.41, 5.74) is 5.34. The van der Waals surface area contributed by atoms with E-state index < -0.39 is 0 Å². The SMILES string of the molecule is Cc1cc(C)cc(OCC(=O)Nc2ccc(CSc3ccccc3)cc2C)c1. The van der Waals surface area contributed by atoms with Crippen molar-refractivity contribution in [1.29, 1.82) is 0 Å². The second-order valence-corrected chi connectivity index (χ2v) is 7.96. The van der Waals surface area contributed by atoms with Gasteiger partial charge in [-0.25, -0.2) is 0 Å². The van der Waals surface area contributed by atoms with Crippen LogP contribution in [0.3, 0.4) is 0 Å². The Labute approximate surface area is 171 Å². The molecule has 0 heterocycles. The summed E-state index contributed by atoms with van der Waals surface area (Å²) in [7, 11) is 0. The first-order valence-corrected chi connectivity index (χ1v) is 10.3. The van der Waals surface area contributed by atoms with E-state index in [0.29, 0.717) is 0 Å². The Morgan fingerprint density at radius 1 is 0.929 bits per heavy atom. The van der Waals surface area contributed by atoms with Gasteiger partial charge in [0.2, 0.25) is 0 Å². The van der Waals surface area contributed by atoms with Crippen molar-refractivity contribution in [3.63, 3.8) is 0 Å². The molecule has 3 aromatic rings. The van der Waals surface area contributed by atoms with Gasteiger partial charge in [0.15, 0.2) is 6.61 Å². The van der Waals surface area contributed by atoms with Gasteiger partial charge in [0.05, 0.1) is 0 Å². The number of hydrogen-bond acceptors (Lipinski definition) is 3. The second kappa shape index (κ2) is 9.47. The van der Waals surface area contributed by atoms with Crippen molar-refractivity contribution in [2.45, 2.75) is 31.4 Å². The number of amides is 1. The molecular formula is C24H25NO2S. The van der Waals surface area contributed by atoms with Crippen LogP contribution >= 0.6 is 11.8 Å². The van der Waals surface area contributed by atoms with Gasteiger partial charge in [0, 0.05) is 16.3 Å². The zero-order valence-electron chi connectivity index (χ0n) is 16.5. The van der Waals surface area contributed by atoms with Crippen molar-refractivity contribution in [3.8, 4) is 5.75 Å². The molecule has 1 amide bonds. The van der Waals surface area contributed by atoms with Gasteiger partial charge in [-0.2, -0.15) is 0 Å². The minimum Gasteiger partial charge on any atom is -0.484 e. The third kappa shape index (κ3) is 5.89. The van der Waals surface area contributed by atoms with E-state index in [2.05, 4.69) is 35.6 Å². The Balaban J connectivity index is 1.54. The first kappa shape index (κ1) is 20.0. The van der Waals surface area contributed by atoms with Crippen molar-refractivity contribution in [1.82, 2.24) is 0 Å². The lowest BCUT2D eigenvalue weighted by Gasteiger charge is -2.12. The summed E-state index contributed by atoms with van der Waals surface area (Å²) in [5, 5.41) is 2.94. The molecule has 144 valence electrons. The van der Waals surface area contributed by atoms with E-state index in [1.54, 1.807) is 11.8 Å². The molecule has 4 heteroatoms. The quantitative estimate of drug-likeness (QED) is 0.508. The number of thioether (sulfide) groups is 1. The molecular weight excluding hydrogens is 366 g/mol. The predicted molar refractivity (Wildman–Crippen MR) is 117 cm³/mol. The van der Waals surface area contributed by atoms with Crippen molar-refractivity contribution < 1.29 is 9.53 Å². The third-order valence-electron chi connectivity index (χ3n) is 4.28. The molecule has 0 aromatic heterocycles. The number of aryl methyl sites for hydroxylation is 3. The summed E-state index contributed by atoms with van der Waals surface area (Å²) in [4.78, 5) is 13.5. The fraction of sp³-hybridized carbons (Fsp3) is 0.208. The minimum absolute atomic E-state index is 0.00601. The van der Waals surface area contributed by atoms with Gasteiger partial charge in [-0.1, -0.05) is 36.4 Å². The number of carbonyl (C=O) groups is 1. The lowest BCUT2D eigenvalue weighted by atomic mass is 10.1. The predicted octanol–water partition coefficient (Wildman–Crippen LogP) is 5.92. The van der Waals surface area contributed by atoms with Crippen molar-refractivity contribution in [2.75, 3.05) is 11.9 Å². The van der Waals surface area contributed by atoms with E-state index in [-0.39, 0.29) is 12.5 Å². The van der Waals surface area contributed by atoms with E-state index >= 15 is 0 Å². The molecule has 28 heavy (non-hydrogen) atoms. The molecule has 0 saturated carbocycles. The van der Waals surface area contributed by atoms with Crippen LogP contribution < -0.4 is 10.1 Å². The van der Waals surface area contributed by atoms with Crippen LogP contribution in [0.4, 0.5) is 5.69 Å². The fourth-order valence-electron chi connectivity index (χ4n) is 2.99. The van der Waals surface area contributed by atoms with Gasteiger partial charge in [0.1, 0.15) is 5.75 Å². The molecule has 3 nitrogen and oxygen atoms in total. The van der Waals surface area contributed by atoms with Gasteiger partial charge >= 0.3 is 0 Å². The second-order valence-electron chi connectivity index (χ2n) is 6.91. The van der Waals surface area contributed by atoms with Crippen molar-refractivity contribution in [3.05, 3.63) is 89.0 Å². The lowest BCUT2D eigenvalue weighted by Crippen LogP contribution is -2.20. The van der Waals surface area contributed by atoms with Crippen LogP contribution in [-0.4, -0.2) is 12.5 Å². The number of hydrogen-bond donors (Lipinski definition) is 1. The van der Waals surface area contributed by atoms with E-state index in [1.165, 1.54) is 10.5 Å². The molecule has 0 aliphatic heterocycles. The van der Waals surface area contributed by atoms with Crippen LogP contribution in [0, 0.1) is 20.8 Å². The third-order valence-corrected chi connectivity index (χ3v) is 5.36. The average molecular weight is 392 g/mol. The first-order valence-electron chi connectivity index (χ1n) is 9.28. The molecule has 3 aromatic carbocycles. The zero-order chi connectivity index (χ0) is 19.9. The largest absolute Gasteiger partial charge is 0.484 e. The molecule has 0 radical (unpaired) electrons. The molecule has 0 unspecified atom stereocenters. The molecule has 0 fully saturated rings. The fourth-order valence-corrected chi connectivity index (χ4v) is 3.85. The summed E-state index contributed by atoms with van der Waals surface area (Å²) in [6, 6.07) is 22.4. The summed E-state index contributed by atoms with van der Waals surface area (Å²) < 4.78 is 5.64. The molecule has 3 rings (SSSR count). The maximum absolute atomic E-state index is 12.3. The highest BCUT2D eigenvalue weighted by atomic mass is 32.2. The Hall–Kier alpha value is -2.72. The Bertz CT molecular complexity index is 934. The molecule has 0 saturated heterocycles. The summed E-state index contributed by atoms with van der Waals surface area (Å²) in [6.07, 6.45) is 0. The van der Waals surface area contributed by atoms with Crippen molar-refractivity contribution in [2.24, 2.45) is 0 Å². The molecule has 0 bridgehead atoms. The number of benzene rings is 3. The summed E-state index contributed by atoms with van der Waals surface area (Å²) in [5.74, 6) is 1.46. The standard InChI is InChI=1S/C24H25NO2S/c1-17-11-18(2)13-21(12-17)27-15-24(26)25-23-10-9-20(14-19(23)3)16-28-22-7-5-4-6-8-22/h4-14H,15-16H2,1-3H3,(H,25,26). The molecule has 0 aliphatic carbocycles. The summed E-state index contributed by atoms with van der Waals surface area (Å²) >= 11 is 1.80. The van der Waals surface area contributed by atoms with Gasteiger partial charge in [-0.3, -0.25) is 4.79 Å². The maximum Gasteiger partial charge on any atom is 0.262 e. The number of ether oxygens (including phenoxy) is 1. The Kier molecular flexibility index (Phi) is 6.77. The topological polar surface area (TPSA) is 38.3 Å². The van der Waals surface area contributed by atoms with E-state index in [9.17, 15) is 4.79 Å². The van der Waals surface area contributed by atoms with E-state index in [1.807, 2.05) is 57.2 Å². The lowest BCUT2D eigenvalue weighted by molar-refractivity contribution is -0.118. The smallest absolute Gasteiger partial charge is 0.262 e. The first-order chi connectivity index (χ1) is 13.5. The van der Waals surface area contributed by atoms with Gasteiger partial charge in [-0.05, 0) is 73.4 Å². The average Bonchev–Trinajstić information content (AvgIpc) is 2.67. The van der Waals surface area contributed by atoms with Crippen LogP contribution in [0.2, 0.25) is 0 Å². The normalized spacial score (nSPS) is 10.5. The van der Waals surface area contributed by atoms with Gasteiger partial charge in [-0.15, -0.1) is 11.8 Å². The highest BCUT2D eigenvalue weighted by Gasteiger charge is 2.07. The summed E-state index contributed by atoms with van der Waals surface area (Å²) in [6.45, 7) is 6.03. The number of nitrogens with one attached hydrogen (secondary N) is 1. The van der Waals surface area contributed by atoms with Crippen LogP contribution in [0.5, 0.6) is 5.75 Å². The number of rotatable bonds is 7. The maximum atomic E-state index is 12.3. The van der Waals surface area contributed by atoms with Crippen LogP contribution in [-0.2, 0) is 10.5 Å². The molecule has 1 N–H and O–H groups in total. The van der Waals surface area contributed by atoms with Gasteiger partial charge < -0.3 is 10.1 Å². The van der Waals surface area contributed by atoms with Crippen LogP contribution in [0.1, 0.15) is 22.3 Å². The molecule has 0 atom stereocenters. The van der Waals surface area contributed by atoms with Crippen LogP contribution in [0.15, 0.2) is 71.6 Å². The van der Waals surface area contributed by atoms with E-state index in [0.717, 1.165) is 33.9 Å². The number of carbonyl (C=O) groups excluding carboxylic acids is 1. The highest BCUT2D eigenvalue weighted by Crippen LogP contribution is 2.25. The Morgan fingerprint density at radius 3 is 2.32 bits per heavy atom. The zero-order valence-corrected chi connectivity index (χ0v) is 17.3. The van der Waals surface area contributed by atoms with Gasteiger partial charge in [0.25, 0.3) is 5.91 Å². The van der Waals surface area contributed by atoms with Crippen molar-refractivity contribution >= 4 is 23.4 Å². The number of anilines is 1. The molecule has 0 spiro atoms. The molecule has 0 aliphatic rings. The van der Waals surface area contributed by atoms with Crippen LogP contribution in [0.25, 0.3) is 0 Å². The van der Waals surface area contributed by atoms with E-state index in [4.69, 9.17) is 4.74 Å². The monoisotopic (exact) mass is 391 g/mol. The Morgan fingerprint density at radius 2 is 1.64 bits per heavy atom. The highest BCUT2D eigenvalue weighted by molar-refractivity contribution is 7.98.